The van der Waals surface area contributed by atoms with E-state index in [1.54, 1.807) is 0 Å². The van der Waals surface area contributed by atoms with Crippen LogP contribution in [0.3, 0.4) is 0 Å². The van der Waals surface area contributed by atoms with E-state index >= 15 is 0 Å². The van der Waals surface area contributed by atoms with E-state index in [1.165, 1.54) is 0 Å². The van der Waals surface area contributed by atoms with E-state index in [2.05, 4.69) is 21.1 Å². The van der Waals surface area contributed by atoms with Gasteiger partial charge in [0.05, 0.1) is 0 Å². The van der Waals surface area contributed by atoms with Crippen LogP contribution >= 0.6 is 27.5 Å². The van der Waals surface area contributed by atoms with Gasteiger partial charge in [0.2, 0.25) is 0 Å². The highest BCUT2D eigenvalue weighted by atomic mass is 79.9. The van der Waals surface area contributed by atoms with Crippen molar-refractivity contribution < 1.29 is 4.84 Å². The Hall–Kier alpha value is -0.540. The monoisotopic (exact) mass is 259 g/mol. The largest absolute Gasteiger partial charge is 0.386 e. The first-order valence-corrected chi connectivity index (χ1v) is 5.06. The van der Waals surface area contributed by atoms with Crippen molar-refractivity contribution in [3.8, 4) is 0 Å². The van der Waals surface area contributed by atoms with Gasteiger partial charge in [-0.05, 0) is 33.6 Å². The van der Waals surface area contributed by atoms with E-state index in [-0.39, 0.29) is 6.10 Å². The van der Waals surface area contributed by atoms with Crippen molar-refractivity contribution in [2.75, 3.05) is 0 Å². The summed E-state index contributed by atoms with van der Waals surface area (Å²) in [6.07, 6.45) is 0.786. The van der Waals surface area contributed by atoms with Crippen LogP contribution in [0.15, 0.2) is 29.4 Å². The molecule has 68 valence electrons. The average Bonchev–Trinajstić information content (AvgIpc) is 2.52. The van der Waals surface area contributed by atoms with Crippen LogP contribution < -0.4 is 0 Å². The van der Waals surface area contributed by atoms with E-state index in [1.807, 2.05) is 24.3 Å². The molecular formula is C9H7BrClNO. The number of hydrogen-bond donors (Lipinski definition) is 0. The van der Waals surface area contributed by atoms with Gasteiger partial charge < -0.3 is 4.84 Å². The Kier molecular flexibility index (Phi) is 2.56. The summed E-state index contributed by atoms with van der Waals surface area (Å²) in [4.78, 5) is 5.19. The molecule has 1 heterocycles. The van der Waals surface area contributed by atoms with E-state index in [0.29, 0.717) is 0 Å². The number of nitrogens with zero attached hydrogens (tertiary/aromatic N) is 1. The van der Waals surface area contributed by atoms with Crippen molar-refractivity contribution in [2.45, 2.75) is 12.5 Å². The minimum atomic E-state index is 0.00748. The summed E-state index contributed by atoms with van der Waals surface area (Å²) >= 11 is 9.14. The van der Waals surface area contributed by atoms with Gasteiger partial charge >= 0.3 is 0 Å². The number of halogens is 2. The van der Waals surface area contributed by atoms with Crippen LogP contribution in [0.25, 0.3) is 0 Å². The maximum Gasteiger partial charge on any atom is 0.158 e. The second kappa shape index (κ2) is 3.68. The standard InChI is InChI=1S/C9H7BrClNO/c10-9-5-8(13-12-9)6-2-1-3-7(11)4-6/h1-4,8H,5H2/t8-/m0/s1. The van der Waals surface area contributed by atoms with Crippen molar-refractivity contribution in [1.29, 1.82) is 0 Å². The lowest BCUT2D eigenvalue weighted by molar-refractivity contribution is 0.0858. The highest BCUT2D eigenvalue weighted by molar-refractivity contribution is 9.18. The molecule has 13 heavy (non-hydrogen) atoms. The molecule has 4 heteroatoms. The molecule has 1 aromatic carbocycles. The first kappa shape index (κ1) is 9.03. The summed E-state index contributed by atoms with van der Waals surface area (Å²) in [6.45, 7) is 0. The van der Waals surface area contributed by atoms with Crippen LogP contribution in [0.1, 0.15) is 18.1 Å². The normalized spacial score (nSPS) is 21.1. The van der Waals surface area contributed by atoms with Crippen LogP contribution in [-0.4, -0.2) is 4.62 Å². The molecule has 0 unspecified atom stereocenters. The van der Waals surface area contributed by atoms with Gasteiger partial charge in [-0.25, -0.2) is 0 Å². The van der Waals surface area contributed by atoms with Gasteiger partial charge in [0, 0.05) is 11.4 Å². The van der Waals surface area contributed by atoms with E-state index in [0.717, 1.165) is 21.6 Å². The number of oxime groups is 1. The molecule has 0 spiro atoms. The Morgan fingerprint density at radius 1 is 1.54 bits per heavy atom. The number of hydrogen-bond acceptors (Lipinski definition) is 2. The molecular weight excluding hydrogens is 253 g/mol. The number of benzene rings is 1. The lowest BCUT2D eigenvalue weighted by Crippen LogP contribution is -1.96. The molecule has 2 rings (SSSR count). The molecule has 0 saturated heterocycles. The van der Waals surface area contributed by atoms with Crippen molar-refractivity contribution in [3.63, 3.8) is 0 Å². The smallest absolute Gasteiger partial charge is 0.158 e. The fraction of sp³-hybridized carbons (Fsp3) is 0.222. The maximum atomic E-state index is 5.85. The van der Waals surface area contributed by atoms with Gasteiger partial charge in [-0.2, -0.15) is 0 Å². The fourth-order valence-electron chi connectivity index (χ4n) is 1.23. The number of rotatable bonds is 1. The highest BCUT2D eigenvalue weighted by Crippen LogP contribution is 2.29. The van der Waals surface area contributed by atoms with E-state index < -0.39 is 0 Å². The lowest BCUT2D eigenvalue weighted by atomic mass is 10.1. The zero-order valence-electron chi connectivity index (χ0n) is 6.71. The third kappa shape index (κ3) is 2.03. The Labute approximate surface area is 89.7 Å². The SMILES string of the molecule is Clc1cccc([C@@H]2CC(Br)=NO2)c1. The Balaban J connectivity index is 2.18. The van der Waals surface area contributed by atoms with Crippen LogP contribution in [0.2, 0.25) is 5.02 Å². The summed E-state index contributed by atoms with van der Waals surface area (Å²) in [6, 6.07) is 7.63. The van der Waals surface area contributed by atoms with Crippen LogP contribution in [0, 0.1) is 0 Å². The zero-order valence-corrected chi connectivity index (χ0v) is 9.05. The summed E-state index contributed by atoms with van der Waals surface area (Å²) in [5, 5.41) is 4.54. The minimum absolute atomic E-state index is 0.00748. The molecule has 1 aromatic rings. The fourth-order valence-corrected chi connectivity index (χ4v) is 1.81. The highest BCUT2D eigenvalue weighted by Gasteiger charge is 2.20. The molecule has 2 nitrogen and oxygen atoms in total. The first-order chi connectivity index (χ1) is 6.25. The van der Waals surface area contributed by atoms with Crippen LogP contribution in [-0.2, 0) is 4.84 Å². The van der Waals surface area contributed by atoms with Gasteiger partial charge in [-0.3, -0.25) is 0 Å². The maximum absolute atomic E-state index is 5.85. The molecule has 0 amide bonds. The van der Waals surface area contributed by atoms with E-state index in [9.17, 15) is 0 Å². The third-order valence-electron chi connectivity index (χ3n) is 1.85. The molecule has 0 fully saturated rings. The zero-order chi connectivity index (χ0) is 9.26. The third-order valence-corrected chi connectivity index (χ3v) is 2.56. The van der Waals surface area contributed by atoms with Crippen LogP contribution in [0.5, 0.6) is 0 Å². The molecule has 0 aliphatic carbocycles. The van der Waals surface area contributed by atoms with Crippen LogP contribution in [0.4, 0.5) is 0 Å². The average molecular weight is 261 g/mol. The Morgan fingerprint density at radius 3 is 3.00 bits per heavy atom. The summed E-state index contributed by atoms with van der Waals surface area (Å²) < 4.78 is 0.845. The van der Waals surface area contributed by atoms with Crippen molar-refractivity contribution in [3.05, 3.63) is 34.9 Å². The first-order valence-electron chi connectivity index (χ1n) is 3.89. The lowest BCUT2D eigenvalue weighted by Gasteiger charge is -2.07. The van der Waals surface area contributed by atoms with Gasteiger partial charge in [0.15, 0.2) is 6.10 Å². The topological polar surface area (TPSA) is 21.6 Å². The quantitative estimate of drug-likeness (QED) is 0.757. The Bertz CT molecular complexity index is 353. The predicted molar refractivity (Wildman–Crippen MR) is 56.3 cm³/mol. The second-order valence-corrected chi connectivity index (χ2v) is 4.17. The molecule has 0 N–H and O–H groups in total. The predicted octanol–water partition coefficient (Wildman–Crippen LogP) is 3.51. The van der Waals surface area contributed by atoms with Gasteiger partial charge in [-0.1, -0.05) is 28.9 Å². The molecule has 1 aliphatic heterocycles. The van der Waals surface area contributed by atoms with Gasteiger partial charge in [0.1, 0.15) is 4.62 Å². The van der Waals surface area contributed by atoms with Crippen molar-refractivity contribution >= 4 is 32.2 Å². The van der Waals surface area contributed by atoms with Gasteiger partial charge in [0.25, 0.3) is 0 Å². The summed E-state index contributed by atoms with van der Waals surface area (Å²) in [7, 11) is 0. The Morgan fingerprint density at radius 2 is 2.38 bits per heavy atom. The summed E-state index contributed by atoms with van der Waals surface area (Å²) in [5.41, 5.74) is 1.06. The molecule has 0 saturated carbocycles. The molecule has 1 aliphatic rings. The summed E-state index contributed by atoms with van der Waals surface area (Å²) in [5.74, 6) is 0. The molecule has 0 aromatic heterocycles. The second-order valence-electron chi connectivity index (χ2n) is 2.82. The minimum Gasteiger partial charge on any atom is -0.386 e. The van der Waals surface area contributed by atoms with Crippen molar-refractivity contribution in [2.24, 2.45) is 5.16 Å². The van der Waals surface area contributed by atoms with Crippen molar-refractivity contribution in [1.82, 2.24) is 0 Å². The molecule has 1 atom stereocenters. The molecule has 0 radical (unpaired) electrons. The molecule has 0 bridgehead atoms. The van der Waals surface area contributed by atoms with E-state index in [4.69, 9.17) is 16.4 Å². The van der Waals surface area contributed by atoms with Gasteiger partial charge in [-0.15, -0.1) is 0 Å².